The molecule has 0 atom stereocenters. The van der Waals surface area contributed by atoms with Gasteiger partial charge in [0.15, 0.2) is 0 Å². The molecule has 0 bridgehead atoms. The van der Waals surface area contributed by atoms with E-state index in [-0.39, 0.29) is 0 Å². The fraction of sp³-hybridized carbons (Fsp3) is 0. The van der Waals surface area contributed by atoms with E-state index < -0.39 is 0 Å². The van der Waals surface area contributed by atoms with Crippen molar-refractivity contribution in [1.82, 2.24) is 0 Å². The first kappa shape index (κ1) is 36.1. The molecule has 0 aliphatic rings. The van der Waals surface area contributed by atoms with E-state index in [1.807, 2.05) is 11.3 Å². The molecule has 1 heterocycles. The highest BCUT2D eigenvalue weighted by Crippen LogP contribution is 2.46. The third-order valence-electron chi connectivity index (χ3n) is 12.5. The second-order valence-electron chi connectivity index (χ2n) is 16.1. The normalized spacial score (nSPS) is 11.5. The predicted octanol–water partition coefficient (Wildman–Crippen LogP) is 17.7. The van der Waals surface area contributed by atoms with Gasteiger partial charge in [-0.1, -0.05) is 188 Å². The lowest BCUT2D eigenvalue weighted by atomic mass is 9.93. The standard InChI is InChI=1S/C60H39NS/c1-2-14-41(15-3-1)51-36-31-46(45-26-25-40-13-4-5-16-44(40)37-45)39-58(51)61(48-32-27-42(28-33-48)52-22-12-23-56-55-21-10-11-24-59(55)62-60(52)56)49-34-29-43(30-35-49)57-38-47-17-6-7-18-50(47)53-19-8-9-20-54(53)57/h1-39H. The van der Waals surface area contributed by atoms with E-state index in [2.05, 4.69) is 241 Å². The summed E-state index contributed by atoms with van der Waals surface area (Å²) < 4.78 is 2.64. The zero-order valence-electron chi connectivity index (χ0n) is 33.9. The predicted molar refractivity (Wildman–Crippen MR) is 268 cm³/mol. The van der Waals surface area contributed by atoms with E-state index in [9.17, 15) is 0 Å². The van der Waals surface area contributed by atoms with Crippen molar-refractivity contribution in [2.45, 2.75) is 0 Å². The van der Waals surface area contributed by atoms with Crippen molar-refractivity contribution < 1.29 is 0 Å². The van der Waals surface area contributed by atoms with E-state index in [1.54, 1.807) is 0 Å². The molecule has 2 heteroatoms. The summed E-state index contributed by atoms with van der Waals surface area (Å²) in [6, 6.07) is 86.8. The van der Waals surface area contributed by atoms with Gasteiger partial charge in [-0.25, -0.2) is 0 Å². The average molecular weight is 806 g/mol. The van der Waals surface area contributed by atoms with Gasteiger partial charge in [0.1, 0.15) is 0 Å². The Labute approximate surface area is 365 Å². The molecular weight excluding hydrogens is 767 g/mol. The van der Waals surface area contributed by atoms with E-state index in [0.717, 1.165) is 17.1 Å². The highest BCUT2D eigenvalue weighted by molar-refractivity contribution is 7.26. The minimum atomic E-state index is 1.09. The van der Waals surface area contributed by atoms with Crippen molar-refractivity contribution in [3.63, 3.8) is 0 Å². The maximum Gasteiger partial charge on any atom is 0.0546 e. The molecule has 1 aromatic heterocycles. The van der Waals surface area contributed by atoms with Crippen molar-refractivity contribution >= 4 is 80.9 Å². The largest absolute Gasteiger partial charge is 0.310 e. The number of fused-ring (bicyclic) bond motifs is 7. The lowest BCUT2D eigenvalue weighted by Crippen LogP contribution is -2.11. The Morgan fingerprint density at radius 2 is 0.823 bits per heavy atom. The average Bonchev–Trinajstić information content (AvgIpc) is 3.74. The van der Waals surface area contributed by atoms with Gasteiger partial charge in [0.2, 0.25) is 0 Å². The first-order valence-corrected chi connectivity index (χ1v) is 22.1. The SMILES string of the molecule is c1ccc(-c2ccc(-c3ccc4ccccc4c3)cc2N(c2ccc(-c3cc4ccccc4c4ccccc34)cc2)c2ccc(-c3cccc4c3sc3ccccc34)cc2)cc1. The number of anilines is 3. The zero-order valence-corrected chi connectivity index (χ0v) is 34.7. The molecule has 290 valence electrons. The second-order valence-corrected chi connectivity index (χ2v) is 17.1. The first-order valence-electron chi connectivity index (χ1n) is 21.2. The molecule has 1 nitrogen and oxygen atoms in total. The lowest BCUT2D eigenvalue weighted by Gasteiger charge is -2.29. The molecule has 11 aromatic carbocycles. The third-order valence-corrected chi connectivity index (χ3v) is 13.7. The van der Waals surface area contributed by atoms with Gasteiger partial charge in [-0.3, -0.25) is 0 Å². The van der Waals surface area contributed by atoms with Crippen molar-refractivity contribution in [2.75, 3.05) is 4.90 Å². The van der Waals surface area contributed by atoms with E-state index in [0.29, 0.717) is 0 Å². The Balaban J connectivity index is 1.04. The summed E-state index contributed by atoms with van der Waals surface area (Å²) in [5, 5.41) is 10.2. The maximum atomic E-state index is 2.44. The summed E-state index contributed by atoms with van der Waals surface area (Å²) in [5.41, 5.74) is 12.9. The van der Waals surface area contributed by atoms with Gasteiger partial charge in [-0.05, 0) is 120 Å². The molecule has 0 fully saturated rings. The van der Waals surface area contributed by atoms with Crippen LogP contribution in [0.3, 0.4) is 0 Å². The third kappa shape index (κ3) is 6.24. The minimum absolute atomic E-state index is 1.09. The Hall–Kier alpha value is -7.78. The zero-order chi connectivity index (χ0) is 41.0. The number of rotatable bonds is 7. The molecule has 12 rings (SSSR count). The molecule has 0 radical (unpaired) electrons. The van der Waals surface area contributed by atoms with Crippen LogP contribution in [0.25, 0.3) is 97.0 Å². The van der Waals surface area contributed by atoms with Gasteiger partial charge in [-0.2, -0.15) is 0 Å². The molecule has 0 amide bonds. The number of hydrogen-bond donors (Lipinski definition) is 0. The number of benzene rings is 11. The Kier molecular flexibility index (Phi) is 8.76. The van der Waals surface area contributed by atoms with Crippen LogP contribution in [0.15, 0.2) is 237 Å². The van der Waals surface area contributed by atoms with Crippen LogP contribution in [0.1, 0.15) is 0 Å². The van der Waals surface area contributed by atoms with E-state index in [4.69, 9.17) is 0 Å². The summed E-state index contributed by atoms with van der Waals surface area (Å²) in [6.07, 6.45) is 0. The van der Waals surface area contributed by atoms with Crippen molar-refractivity contribution in [3.05, 3.63) is 237 Å². The molecule has 0 aliphatic heterocycles. The van der Waals surface area contributed by atoms with Crippen LogP contribution in [0.2, 0.25) is 0 Å². The topological polar surface area (TPSA) is 3.24 Å². The van der Waals surface area contributed by atoms with Crippen LogP contribution in [0, 0.1) is 0 Å². The molecule has 0 unspecified atom stereocenters. The fourth-order valence-electron chi connectivity index (χ4n) is 9.40. The van der Waals surface area contributed by atoms with Crippen molar-refractivity contribution in [3.8, 4) is 44.5 Å². The molecule has 0 N–H and O–H groups in total. The monoisotopic (exact) mass is 805 g/mol. The quantitative estimate of drug-likeness (QED) is 0.145. The molecule has 12 aromatic rings. The van der Waals surface area contributed by atoms with Gasteiger partial charge in [0, 0.05) is 37.1 Å². The Morgan fingerprint density at radius 1 is 0.274 bits per heavy atom. The minimum Gasteiger partial charge on any atom is -0.310 e. The highest BCUT2D eigenvalue weighted by Gasteiger charge is 2.20. The van der Waals surface area contributed by atoms with Crippen LogP contribution in [0.5, 0.6) is 0 Å². The van der Waals surface area contributed by atoms with Gasteiger partial charge < -0.3 is 4.90 Å². The van der Waals surface area contributed by atoms with Crippen molar-refractivity contribution in [2.24, 2.45) is 0 Å². The Morgan fingerprint density at radius 3 is 1.60 bits per heavy atom. The molecule has 0 saturated carbocycles. The molecule has 0 aliphatic carbocycles. The number of hydrogen-bond acceptors (Lipinski definition) is 2. The number of nitrogens with zero attached hydrogens (tertiary/aromatic N) is 1. The van der Waals surface area contributed by atoms with Gasteiger partial charge in [0.25, 0.3) is 0 Å². The molecule has 62 heavy (non-hydrogen) atoms. The first-order chi connectivity index (χ1) is 30.7. The van der Waals surface area contributed by atoms with E-state index in [1.165, 1.54) is 97.0 Å². The maximum absolute atomic E-state index is 2.44. The van der Waals surface area contributed by atoms with Gasteiger partial charge >= 0.3 is 0 Å². The summed E-state index contributed by atoms with van der Waals surface area (Å²) in [6.45, 7) is 0. The summed E-state index contributed by atoms with van der Waals surface area (Å²) in [4.78, 5) is 2.44. The smallest absolute Gasteiger partial charge is 0.0546 e. The van der Waals surface area contributed by atoms with E-state index >= 15 is 0 Å². The van der Waals surface area contributed by atoms with Crippen LogP contribution < -0.4 is 4.90 Å². The molecule has 0 saturated heterocycles. The fourth-order valence-corrected chi connectivity index (χ4v) is 10.6. The van der Waals surface area contributed by atoms with Crippen LogP contribution in [-0.2, 0) is 0 Å². The van der Waals surface area contributed by atoms with Gasteiger partial charge in [0.05, 0.1) is 5.69 Å². The Bertz CT molecular complexity index is 3620. The van der Waals surface area contributed by atoms with Crippen LogP contribution in [0.4, 0.5) is 17.1 Å². The molecule has 0 spiro atoms. The van der Waals surface area contributed by atoms with Crippen LogP contribution >= 0.6 is 11.3 Å². The lowest BCUT2D eigenvalue weighted by molar-refractivity contribution is 1.28. The molecular formula is C60H39NS. The summed E-state index contributed by atoms with van der Waals surface area (Å²) in [5.74, 6) is 0. The highest BCUT2D eigenvalue weighted by atomic mass is 32.1. The number of thiophene rings is 1. The van der Waals surface area contributed by atoms with Crippen LogP contribution in [-0.4, -0.2) is 0 Å². The second kappa shape index (κ2) is 15.0. The summed E-state index contributed by atoms with van der Waals surface area (Å²) in [7, 11) is 0. The van der Waals surface area contributed by atoms with Crippen molar-refractivity contribution in [1.29, 1.82) is 0 Å². The summed E-state index contributed by atoms with van der Waals surface area (Å²) >= 11 is 1.88. The van der Waals surface area contributed by atoms with Gasteiger partial charge in [-0.15, -0.1) is 11.3 Å².